The molecule has 6 nitrogen and oxygen atoms in total. The minimum atomic E-state index is -3.69. The first-order chi connectivity index (χ1) is 13.9. The lowest BCUT2D eigenvalue weighted by Gasteiger charge is -2.31. The van der Waals surface area contributed by atoms with Crippen molar-refractivity contribution in [1.29, 1.82) is 0 Å². The van der Waals surface area contributed by atoms with Crippen LogP contribution in [0, 0.1) is 34.6 Å². The number of sulfonamides is 2. The lowest BCUT2D eigenvalue weighted by molar-refractivity contribution is 0.308. The van der Waals surface area contributed by atoms with Crippen molar-refractivity contribution in [3.63, 3.8) is 0 Å². The minimum absolute atomic E-state index is 0.272. The van der Waals surface area contributed by atoms with Gasteiger partial charge in [-0.1, -0.05) is 23.8 Å². The molecular formula is C22H30N2O4S2. The number of nitrogens with one attached hydrogen (secondary N) is 1. The lowest BCUT2D eigenvalue weighted by atomic mass is 10.0. The summed E-state index contributed by atoms with van der Waals surface area (Å²) in [6.45, 7) is 9.96. The highest BCUT2D eigenvalue weighted by Crippen LogP contribution is 2.27. The van der Waals surface area contributed by atoms with Crippen LogP contribution in [0.2, 0.25) is 0 Å². The highest BCUT2D eigenvalue weighted by molar-refractivity contribution is 7.89. The molecule has 3 rings (SSSR count). The zero-order valence-corrected chi connectivity index (χ0v) is 19.8. The normalized spacial score (nSPS) is 16.7. The van der Waals surface area contributed by atoms with Gasteiger partial charge in [0.15, 0.2) is 0 Å². The largest absolute Gasteiger partial charge is 0.243 e. The molecule has 164 valence electrons. The van der Waals surface area contributed by atoms with Crippen LogP contribution in [-0.2, 0) is 20.0 Å². The first kappa shape index (κ1) is 22.9. The van der Waals surface area contributed by atoms with Crippen LogP contribution in [0.5, 0.6) is 0 Å². The van der Waals surface area contributed by atoms with Gasteiger partial charge >= 0.3 is 0 Å². The van der Waals surface area contributed by atoms with Crippen LogP contribution in [0.1, 0.15) is 40.7 Å². The molecule has 0 unspecified atom stereocenters. The molecule has 0 atom stereocenters. The van der Waals surface area contributed by atoms with E-state index in [1.54, 1.807) is 24.3 Å². The van der Waals surface area contributed by atoms with Crippen molar-refractivity contribution >= 4 is 20.0 Å². The van der Waals surface area contributed by atoms with Crippen LogP contribution in [0.25, 0.3) is 0 Å². The second-order valence-electron chi connectivity index (χ2n) is 8.20. The average Bonchev–Trinajstić information content (AvgIpc) is 2.67. The van der Waals surface area contributed by atoms with Crippen LogP contribution in [0.4, 0.5) is 0 Å². The van der Waals surface area contributed by atoms with E-state index in [1.807, 2.05) is 40.7 Å². The third-order valence-corrected chi connectivity index (χ3v) is 9.71. The maximum Gasteiger partial charge on any atom is 0.243 e. The van der Waals surface area contributed by atoms with Crippen LogP contribution >= 0.6 is 0 Å². The van der Waals surface area contributed by atoms with E-state index in [0.717, 1.165) is 27.8 Å². The van der Waals surface area contributed by atoms with E-state index < -0.39 is 20.0 Å². The zero-order valence-electron chi connectivity index (χ0n) is 18.2. The molecule has 0 spiro atoms. The summed E-state index contributed by atoms with van der Waals surface area (Å²) in [6.07, 6.45) is 0.875. The Morgan fingerprint density at radius 2 is 1.33 bits per heavy atom. The first-order valence-electron chi connectivity index (χ1n) is 10.1. The second-order valence-corrected chi connectivity index (χ2v) is 11.8. The maximum absolute atomic E-state index is 13.1. The molecule has 2 aromatic rings. The Bertz CT molecular complexity index is 1120. The van der Waals surface area contributed by atoms with Crippen LogP contribution in [0.15, 0.2) is 40.1 Å². The quantitative estimate of drug-likeness (QED) is 0.757. The molecule has 0 amide bonds. The van der Waals surface area contributed by atoms with Gasteiger partial charge in [-0.25, -0.2) is 21.6 Å². The van der Waals surface area contributed by atoms with Gasteiger partial charge in [0.1, 0.15) is 0 Å². The predicted molar refractivity (Wildman–Crippen MR) is 119 cm³/mol. The van der Waals surface area contributed by atoms with Gasteiger partial charge < -0.3 is 0 Å². The summed E-state index contributed by atoms with van der Waals surface area (Å²) in [6, 6.07) is 8.50. The van der Waals surface area contributed by atoms with Crippen LogP contribution in [0.3, 0.4) is 0 Å². The third kappa shape index (κ3) is 4.46. The molecule has 1 N–H and O–H groups in total. The molecule has 8 heteroatoms. The van der Waals surface area contributed by atoms with Crippen molar-refractivity contribution in [3.05, 3.63) is 58.1 Å². The highest BCUT2D eigenvalue weighted by atomic mass is 32.2. The Morgan fingerprint density at radius 1 is 0.833 bits per heavy atom. The summed E-state index contributed by atoms with van der Waals surface area (Å²) in [5, 5.41) is 0. The number of rotatable bonds is 5. The third-order valence-electron chi connectivity index (χ3n) is 6.00. The van der Waals surface area contributed by atoms with E-state index in [2.05, 4.69) is 4.72 Å². The van der Waals surface area contributed by atoms with Gasteiger partial charge in [-0.05, 0) is 81.8 Å². The molecular weight excluding hydrogens is 420 g/mol. The second kappa shape index (κ2) is 8.42. The van der Waals surface area contributed by atoms with E-state index in [0.29, 0.717) is 17.7 Å². The molecule has 30 heavy (non-hydrogen) atoms. The van der Waals surface area contributed by atoms with Gasteiger partial charge in [0, 0.05) is 19.1 Å². The topological polar surface area (TPSA) is 83.6 Å². The fourth-order valence-electron chi connectivity index (χ4n) is 3.94. The van der Waals surface area contributed by atoms with Crippen molar-refractivity contribution < 1.29 is 16.8 Å². The molecule has 1 aliphatic rings. The Balaban J connectivity index is 1.74. The van der Waals surface area contributed by atoms with Crippen molar-refractivity contribution in [2.75, 3.05) is 13.1 Å². The van der Waals surface area contributed by atoms with Crippen LogP contribution < -0.4 is 4.72 Å². The number of piperidine rings is 1. The lowest BCUT2D eigenvalue weighted by Crippen LogP contribution is -2.46. The molecule has 0 saturated carbocycles. The maximum atomic E-state index is 13.1. The monoisotopic (exact) mass is 450 g/mol. The number of hydrogen-bond donors (Lipinski definition) is 1. The van der Waals surface area contributed by atoms with Crippen molar-refractivity contribution in [2.45, 2.75) is 63.3 Å². The fraction of sp³-hybridized carbons (Fsp3) is 0.455. The molecule has 0 aromatic heterocycles. The van der Waals surface area contributed by atoms with Gasteiger partial charge in [0.05, 0.1) is 9.79 Å². The molecule has 1 aliphatic heterocycles. The molecule has 1 heterocycles. The van der Waals surface area contributed by atoms with Gasteiger partial charge in [-0.2, -0.15) is 4.31 Å². The average molecular weight is 451 g/mol. The van der Waals surface area contributed by atoms with Gasteiger partial charge in [0.2, 0.25) is 20.0 Å². The number of aryl methyl sites for hydroxylation is 3. The summed E-state index contributed by atoms with van der Waals surface area (Å²) >= 11 is 0. The van der Waals surface area contributed by atoms with E-state index in [9.17, 15) is 16.8 Å². The number of hydrogen-bond acceptors (Lipinski definition) is 4. The Hall–Kier alpha value is -1.74. The van der Waals surface area contributed by atoms with Crippen molar-refractivity contribution in [3.8, 4) is 0 Å². The summed E-state index contributed by atoms with van der Waals surface area (Å²) < 4.78 is 56.3. The summed E-state index contributed by atoms with van der Waals surface area (Å²) in [4.78, 5) is 0.614. The van der Waals surface area contributed by atoms with E-state index in [4.69, 9.17) is 0 Å². The Kier molecular flexibility index (Phi) is 6.43. The number of benzene rings is 2. The summed E-state index contributed by atoms with van der Waals surface area (Å²) in [7, 11) is -7.26. The minimum Gasteiger partial charge on any atom is -0.208 e. The number of nitrogens with zero attached hydrogens (tertiary/aromatic N) is 1. The van der Waals surface area contributed by atoms with E-state index >= 15 is 0 Å². The Morgan fingerprint density at radius 3 is 1.83 bits per heavy atom. The van der Waals surface area contributed by atoms with E-state index in [1.165, 1.54) is 4.31 Å². The standard InChI is InChI=1S/C22H30N2O4S2/c1-15-6-8-21(9-7-15)30(27,28)24-12-10-20(11-13-24)23-29(25,26)22-18(4)16(2)14-17(3)19(22)5/h6-9,14,20,23H,10-13H2,1-5H3. The first-order valence-corrected chi connectivity index (χ1v) is 13.0. The van der Waals surface area contributed by atoms with Crippen LogP contribution in [-0.4, -0.2) is 40.3 Å². The van der Waals surface area contributed by atoms with Crippen molar-refractivity contribution in [2.24, 2.45) is 0 Å². The smallest absolute Gasteiger partial charge is 0.208 e. The fourth-order valence-corrected chi connectivity index (χ4v) is 7.33. The molecule has 0 aliphatic carbocycles. The predicted octanol–water partition coefficient (Wildman–Crippen LogP) is 3.36. The molecule has 1 saturated heterocycles. The molecule has 1 fully saturated rings. The SMILES string of the molecule is Cc1ccc(S(=O)(=O)N2CCC(NS(=O)(=O)c3c(C)c(C)cc(C)c3C)CC2)cc1. The summed E-state index contributed by atoms with van der Waals surface area (Å²) in [5.41, 5.74) is 4.39. The van der Waals surface area contributed by atoms with Gasteiger partial charge in [-0.3, -0.25) is 0 Å². The Labute approximate surface area is 180 Å². The van der Waals surface area contributed by atoms with E-state index in [-0.39, 0.29) is 24.0 Å². The zero-order chi connectivity index (χ0) is 22.3. The molecule has 2 aromatic carbocycles. The highest BCUT2D eigenvalue weighted by Gasteiger charge is 2.32. The van der Waals surface area contributed by atoms with Gasteiger partial charge in [-0.15, -0.1) is 0 Å². The van der Waals surface area contributed by atoms with Crippen molar-refractivity contribution in [1.82, 2.24) is 9.03 Å². The van der Waals surface area contributed by atoms with Gasteiger partial charge in [0.25, 0.3) is 0 Å². The molecule has 0 radical (unpaired) electrons. The molecule has 0 bridgehead atoms. The summed E-state index contributed by atoms with van der Waals surface area (Å²) in [5.74, 6) is 0.